The van der Waals surface area contributed by atoms with Crippen molar-refractivity contribution in [3.8, 4) is 0 Å². The van der Waals surface area contributed by atoms with E-state index in [1.54, 1.807) is 4.90 Å². The zero-order chi connectivity index (χ0) is 16.5. The van der Waals surface area contributed by atoms with Crippen molar-refractivity contribution in [3.63, 3.8) is 0 Å². The molecule has 1 aromatic heterocycles. The first-order chi connectivity index (χ1) is 11.7. The lowest BCUT2D eigenvalue weighted by Crippen LogP contribution is -2.42. The molecule has 24 heavy (non-hydrogen) atoms. The normalized spacial score (nSPS) is 18.0. The SMILES string of the molecule is O=C(c1cc(F)cc2[nH]cnc12)N1CCOC(c2ccccc2)C1. The van der Waals surface area contributed by atoms with Crippen LogP contribution >= 0.6 is 0 Å². The van der Waals surface area contributed by atoms with Crippen LogP contribution in [0.5, 0.6) is 0 Å². The van der Waals surface area contributed by atoms with Gasteiger partial charge in [0.1, 0.15) is 17.4 Å². The van der Waals surface area contributed by atoms with Crippen LogP contribution in [-0.4, -0.2) is 40.5 Å². The van der Waals surface area contributed by atoms with E-state index in [9.17, 15) is 9.18 Å². The van der Waals surface area contributed by atoms with Crippen molar-refractivity contribution in [2.45, 2.75) is 6.10 Å². The minimum Gasteiger partial charge on any atom is -0.370 e. The molecule has 1 atom stereocenters. The molecule has 1 N–H and O–H groups in total. The summed E-state index contributed by atoms with van der Waals surface area (Å²) in [5.41, 5.74) is 2.31. The Morgan fingerprint density at radius 2 is 2.12 bits per heavy atom. The summed E-state index contributed by atoms with van der Waals surface area (Å²) in [6, 6.07) is 12.4. The maximum atomic E-state index is 13.8. The predicted octanol–water partition coefficient (Wildman–Crippen LogP) is 2.92. The Morgan fingerprint density at radius 1 is 1.29 bits per heavy atom. The molecule has 3 aromatic rings. The van der Waals surface area contributed by atoms with E-state index in [-0.39, 0.29) is 17.6 Å². The number of carbonyl (C=O) groups excluding carboxylic acids is 1. The van der Waals surface area contributed by atoms with E-state index in [1.165, 1.54) is 18.5 Å². The van der Waals surface area contributed by atoms with Crippen molar-refractivity contribution in [2.24, 2.45) is 0 Å². The Hall–Kier alpha value is -2.73. The predicted molar refractivity (Wildman–Crippen MR) is 87.1 cm³/mol. The van der Waals surface area contributed by atoms with Gasteiger partial charge in [-0.15, -0.1) is 0 Å². The molecule has 122 valence electrons. The molecule has 2 aromatic carbocycles. The molecule has 6 heteroatoms. The lowest BCUT2D eigenvalue weighted by molar-refractivity contribution is -0.0227. The number of aromatic amines is 1. The molecule has 1 fully saturated rings. The number of carbonyl (C=O) groups is 1. The zero-order valence-electron chi connectivity index (χ0n) is 12.9. The molecule has 1 unspecified atom stereocenters. The largest absolute Gasteiger partial charge is 0.370 e. The number of fused-ring (bicyclic) bond motifs is 1. The Balaban J connectivity index is 1.63. The molecule has 1 amide bonds. The second-order valence-corrected chi connectivity index (χ2v) is 5.77. The molecule has 0 bridgehead atoms. The summed E-state index contributed by atoms with van der Waals surface area (Å²) in [7, 11) is 0. The van der Waals surface area contributed by atoms with Crippen LogP contribution in [-0.2, 0) is 4.74 Å². The van der Waals surface area contributed by atoms with Gasteiger partial charge < -0.3 is 14.6 Å². The molecule has 1 aliphatic rings. The van der Waals surface area contributed by atoms with E-state index in [1.807, 2.05) is 30.3 Å². The van der Waals surface area contributed by atoms with Crippen LogP contribution in [0.2, 0.25) is 0 Å². The third kappa shape index (κ3) is 2.65. The fourth-order valence-electron chi connectivity index (χ4n) is 3.05. The number of hydrogen-bond donors (Lipinski definition) is 1. The lowest BCUT2D eigenvalue weighted by atomic mass is 10.1. The number of aromatic nitrogens is 2. The molecule has 0 saturated carbocycles. The first-order valence-corrected chi connectivity index (χ1v) is 7.81. The maximum Gasteiger partial charge on any atom is 0.256 e. The third-order valence-corrected chi connectivity index (χ3v) is 4.24. The van der Waals surface area contributed by atoms with Gasteiger partial charge in [-0.3, -0.25) is 4.79 Å². The van der Waals surface area contributed by atoms with Crippen molar-refractivity contribution >= 4 is 16.9 Å². The number of nitrogens with zero attached hydrogens (tertiary/aromatic N) is 2. The molecule has 1 saturated heterocycles. The van der Waals surface area contributed by atoms with Crippen molar-refractivity contribution in [1.29, 1.82) is 0 Å². The van der Waals surface area contributed by atoms with Crippen LogP contribution in [0.1, 0.15) is 22.0 Å². The molecule has 0 aliphatic carbocycles. The Bertz CT molecular complexity index is 878. The van der Waals surface area contributed by atoms with Crippen LogP contribution in [0.25, 0.3) is 11.0 Å². The number of H-pyrrole nitrogens is 1. The van der Waals surface area contributed by atoms with E-state index in [0.717, 1.165) is 5.56 Å². The highest BCUT2D eigenvalue weighted by Gasteiger charge is 2.27. The highest BCUT2D eigenvalue weighted by Crippen LogP contribution is 2.25. The van der Waals surface area contributed by atoms with Crippen LogP contribution in [0.15, 0.2) is 48.8 Å². The number of ether oxygens (including phenoxy) is 1. The Labute approximate surface area is 138 Å². The average Bonchev–Trinajstić information content (AvgIpc) is 3.09. The molecule has 0 radical (unpaired) electrons. The number of halogens is 1. The van der Waals surface area contributed by atoms with E-state index in [2.05, 4.69) is 9.97 Å². The monoisotopic (exact) mass is 325 g/mol. The van der Waals surface area contributed by atoms with Gasteiger partial charge in [0.25, 0.3) is 5.91 Å². The van der Waals surface area contributed by atoms with Gasteiger partial charge in [0.05, 0.1) is 30.6 Å². The second-order valence-electron chi connectivity index (χ2n) is 5.77. The molecular weight excluding hydrogens is 309 g/mol. The first kappa shape index (κ1) is 14.8. The minimum absolute atomic E-state index is 0.174. The highest BCUT2D eigenvalue weighted by molar-refractivity contribution is 6.04. The Kier molecular flexibility index (Phi) is 3.74. The van der Waals surface area contributed by atoms with Crippen LogP contribution in [0.3, 0.4) is 0 Å². The smallest absolute Gasteiger partial charge is 0.256 e. The van der Waals surface area contributed by atoms with Crippen molar-refractivity contribution in [2.75, 3.05) is 19.7 Å². The fraction of sp³-hybridized carbons (Fsp3) is 0.222. The van der Waals surface area contributed by atoms with Gasteiger partial charge in [-0.25, -0.2) is 9.37 Å². The van der Waals surface area contributed by atoms with Gasteiger partial charge >= 0.3 is 0 Å². The summed E-state index contributed by atoms with van der Waals surface area (Å²) >= 11 is 0. The Morgan fingerprint density at radius 3 is 2.96 bits per heavy atom. The summed E-state index contributed by atoms with van der Waals surface area (Å²) in [5.74, 6) is -0.682. The second kappa shape index (κ2) is 6.05. The highest BCUT2D eigenvalue weighted by atomic mass is 19.1. The van der Waals surface area contributed by atoms with Gasteiger partial charge in [0, 0.05) is 6.54 Å². The van der Waals surface area contributed by atoms with Crippen LogP contribution in [0.4, 0.5) is 4.39 Å². The standard InChI is InChI=1S/C18H16FN3O2/c19-13-8-14(17-15(9-13)20-11-21-17)18(23)22-6-7-24-16(10-22)12-4-2-1-3-5-12/h1-5,8-9,11,16H,6-7,10H2,(H,20,21). The van der Waals surface area contributed by atoms with E-state index >= 15 is 0 Å². The fourth-order valence-corrected chi connectivity index (χ4v) is 3.05. The first-order valence-electron chi connectivity index (χ1n) is 7.81. The quantitative estimate of drug-likeness (QED) is 0.788. The summed E-state index contributed by atoms with van der Waals surface area (Å²) in [4.78, 5) is 21.6. The number of hydrogen-bond acceptors (Lipinski definition) is 3. The third-order valence-electron chi connectivity index (χ3n) is 4.24. The molecule has 5 nitrogen and oxygen atoms in total. The minimum atomic E-state index is -0.456. The van der Waals surface area contributed by atoms with Crippen molar-refractivity contribution < 1.29 is 13.9 Å². The van der Waals surface area contributed by atoms with E-state index in [4.69, 9.17) is 4.74 Å². The van der Waals surface area contributed by atoms with Gasteiger partial charge in [-0.1, -0.05) is 30.3 Å². The molecule has 1 aliphatic heterocycles. The number of benzene rings is 2. The summed E-state index contributed by atoms with van der Waals surface area (Å²) < 4.78 is 19.6. The average molecular weight is 325 g/mol. The van der Waals surface area contributed by atoms with Gasteiger partial charge in [0.15, 0.2) is 0 Å². The van der Waals surface area contributed by atoms with Gasteiger partial charge in [-0.2, -0.15) is 0 Å². The number of amides is 1. The molecule has 2 heterocycles. The summed E-state index contributed by atoms with van der Waals surface area (Å²) in [6.07, 6.45) is 1.29. The molecular formula is C18H16FN3O2. The zero-order valence-corrected chi connectivity index (χ0v) is 12.9. The van der Waals surface area contributed by atoms with Gasteiger partial charge in [0.2, 0.25) is 0 Å². The van der Waals surface area contributed by atoms with Crippen molar-refractivity contribution in [1.82, 2.24) is 14.9 Å². The van der Waals surface area contributed by atoms with Gasteiger partial charge in [-0.05, 0) is 17.7 Å². The topological polar surface area (TPSA) is 58.2 Å². The number of morpholine rings is 1. The van der Waals surface area contributed by atoms with E-state index < -0.39 is 5.82 Å². The van der Waals surface area contributed by atoms with Crippen molar-refractivity contribution in [3.05, 3.63) is 65.7 Å². The molecule has 4 rings (SSSR count). The summed E-state index contributed by atoms with van der Waals surface area (Å²) in [5, 5.41) is 0. The molecule has 0 spiro atoms. The lowest BCUT2D eigenvalue weighted by Gasteiger charge is -2.33. The number of rotatable bonds is 2. The number of imidazole rings is 1. The number of nitrogens with one attached hydrogen (secondary N) is 1. The van der Waals surface area contributed by atoms with Crippen LogP contribution < -0.4 is 0 Å². The van der Waals surface area contributed by atoms with E-state index in [0.29, 0.717) is 30.7 Å². The maximum absolute atomic E-state index is 13.8. The summed E-state index contributed by atoms with van der Waals surface area (Å²) in [6.45, 7) is 1.36. The van der Waals surface area contributed by atoms with Crippen LogP contribution in [0, 0.1) is 5.82 Å².